The van der Waals surface area contributed by atoms with Crippen molar-refractivity contribution in [2.24, 2.45) is 5.16 Å². The van der Waals surface area contributed by atoms with E-state index in [1.165, 1.54) is 30.2 Å². The fraction of sp³-hybridized carbons (Fsp3) is 0.364. The Morgan fingerprint density at radius 3 is 2.78 bits per heavy atom. The van der Waals surface area contributed by atoms with Crippen LogP contribution in [0.4, 0.5) is 0 Å². The summed E-state index contributed by atoms with van der Waals surface area (Å²) >= 11 is 0. The first-order valence-electron chi connectivity index (χ1n) is 9.43. The van der Waals surface area contributed by atoms with E-state index >= 15 is 0 Å². The lowest BCUT2D eigenvalue weighted by molar-refractivity contribution is 0.0680. The second-order valence-corrected chi connectivity index (χ2v) is 7.19. The molecule has 1 aliphatic heterocycles. The van der Waals surface area contributed by atoms with E-state index in [0.29, 0.717) is 18.5 Å². The van der Waals surface area contributed by atoms with Crippen LogP contribution in [-0.2, 0) is 17.7 Å². The van der Waals surface area contributed by atoms with Gasteiger partial charge in [-0.1, -0.05) is 35.5 Å². The molecule has 1 N–H and O–H groups in total. The van der Waals surface area contributed by atoms with Crippen molar-refractivity contribution >= 4 is 11.6 Å². The molecule has 1 unspecified atom stereocenters. The molecular weight excluding hydrogens is 340 g/mol. The van der Waals surface area contributed by atoms with Crippen LogP contribution in [0.5, 0.6) is 0 Å². The lowest BCUT2D eigenvalue weighted by Gasteiger charge is -2.22. The molecular formula is C22H24N2O3. The fourth-order valence-corrected chi connectivity index (χ4v) is 4.22. The minimum atomic E-state index is -0.247. The van der Waals surface area contributed by atoms with Crippen molar-refractivity contribution < 1.29 is 14.7 Å². The van der Waals surface area contributed by atoms with Crippen LogP contribution < -0.4 is 0 Å². The van der Waals surface area contributed by atoms with Crippen LogP contribution in [0, 0.1) is 0 Å². The summed E-state index contributed by atoms with van der Waals surface area (Å²) < 4.78 is 0. The van der Waals surface area contributed by atoms with E-state index in [-0.39, 0.29) is 18.6 Å². The van der Waals surface area contributed by atoms with Gasteiger partial charge in [0.2, 0.25) is 0 Å². The summed E-state index contributed by atoms with van der Waals surface area (Å²) in [5.41, 5.74) is 6.71. The van der Waals surface area contributed by atoms with Gasteiger partial charge >= 0.3 is 0 Å². The number of aliphatic hydroxyl groups excluding tert-OH is 1. The molecule has 1 saturated heterocycles. The standard InChI is InChI=1S/C22H24N2O3/c1-27-23-18-12-19(14-25)24(13-18)22(26)17-10-8-16(9-11-17)21-7-3-5-15-4-2-6-20(15)21/h3,5,7-11,19,25H,2,4,6,12-14H2,1H3/b23-18-. The Bertz CT molecular complexity index is 874. The largest absolute Gasteiger partial charge is 0.399 e. The molecule has 0 aromatic heterocycles. The Labute approximate surface area is 159 Å². The number of aryl methyl sites for hydroxylation is 1. The SMILES string of the molecule is CO/N=C1/CC(CO)N(C(=O)c2ccc(-c3cccc4c3CCC4)cc2)C1. The minimum absolute atomic E-state index is 0.0806. The van der Waals surface area contributed by atoms with E-state index in [0.717, 1.165) is 24.1 Å². The van der Waals surface area contributed by atoms with Crippen LogP contribution >= 0.6 is 0 Å². The first-order valence-corrected chi connectivity index (χ1v) is 9.43. The zero-order chi connectivity index (χ0) is 18.8. The van der Waals surface area contributed by atoms with Crippen LogP contribution in [0.1, 0.15) is 34.3 Å². The number of carbonyl (C=O) groups is 1. The van der Waals surface area contributed by atoms with E-state index in [1.54, 1.807) is 4.90 Å². The highest BCUT2D eigenvalue weighted by Crippen LogP contribution is 2.32. The molecule has 2 aromatic rings. The number of likely N-dealkylation sites (tertiary alicyclic amines) is 1. The molecule has 1 heterocycles. The normalized spacial score (nSPS) is 20.1. The zero-order valence-corrected chi connectivity index (χ0v) is 15.5. The van der Waals surface area contributed by atoms with Gasteiger partial charge in [0.15, 0.2) is 0 Å². The van der Waals surface area contributed by atoms with E-state index in [9.17, 15) is 9.90 Å². The van der Waals surface area contributed by atoms with Gasteiger partial charge in [-0.3, -0.25) is 4.79 Å². The molecule has 0 saturated carbocycles. The molecule has 2 aliphatic rings. The molecule has 1 amide bonds. The maximum Gasteiger partial charge on any atom is 0.254 e. The summed E-state index contributed by atoms with van der Waals surface area (Å²) in [5.74, 6) is -0.0832. The lowest BCUT2D eigenvalue weighted by atomic mass is 9.96. The third-order valence-electron chi connectivity index (χ3n) is 5.55. The average Bonchev–Trinajstić information content (AvgIpc) is 3.34. The van der Waals surface area contributed by atoms with Gasteiger partial charge < -0.3 is 14.8 Å². The monoisotopic (exact) mass is 364 g/mol. The van der Waals surface area contributed by atoms with Gasteiger partial charge in [0.05, 0.1) is 24.9 Å². The maximum absolute atomic E-state index is 12.9. The summed E-state index contributed by atoms with van der Waals surface area (Å²) in [6, 6.07) is 14.1. The number of hydrogen-bond donors (Lipinski definition) is 1. The summed E-state index contributed by atoms with van der Waals surface area (Å²) in [5, 5.41) is 13.6. The van der Waals surface area contributed by atoms with Gasteiger partial charge in [-0.25, -0.2) is 0 Å². The molecule has 27 heavy (non-hydrogen) atoms. The highest BCUT2D eigenvalue weighted by molar-refractivity contribution is 6.00. The second kappa shape index (κ2) is 7.53. The number of aliphatic hydroxyl groups is 1. The first-order chi connectivity index (χ1) is 13.2. The van der Waals surface area contributed by atoms with E-state index in [4.69, 9.17) is 4.84 Å². The van der Waals surface area contributed by atoms with Gasteiger partial charge in [0.25, 0.3) is 5.91 Å². The van der Waals surface area contributed by atoms with Gasteiger partial charge in [-0.15, -0.1) is 0 Å². The van der Waals surface area contributed by atoms with E-state index in [2.05, 4.69) is 23.4 Å². The zero-order valence-electron chi connectivity index (χ0n) is 15.5. The third kappa shape index (κ3) is 3.35. The Morgan fingerprint density at radius 2 is 2.04 bits per heavy atom. The number of nitrogens with zero attached hydrogens (tertiary/aromatic N) is 2. The van der Waals surface area contributed by atoms with E-state index < -0.39 is 0 Å². The fourth-order valence-electron chi connectivity index (χ4n) is 4.22. The lowest BCUT2D eigenvalue weighted by Crippen LogP contribution is -2.37. The number of fused-ring (bicyclic) bond motifs is 1. The van der Waals surface area contributed by atoms with Gasteiger partial charge in [-0.2, -0.15) is 0 Å². The van der Waals surface area contributed by atoms with Crippen molar-refractivity contribution in [3.05, 3.63) is 59.2 Å². The average molecular weight is 364 g/mol. The Hall–Kier alpha value is -2.66. The number of benzene rings is 2. The molecule has 0 bridgehead atoms. The number of carbonyl (C=O) groups excluding carboxylic acids is 1. The molecule has 1 fully saturated rings. The topological polar surface area (TPSA) is 62.1 Å². The summed E-state index contributed by atoms with van der Waals surface area (Å²) in [4.78, 5) is 19.4. The number of rotatable bonds is 4. The predicted octanol–water partition coefficient (Wildman–Crippen LogP) is 3.05. The molecule has 0 spiro atoms. The molecule has 4 rings (SSSR count). The third-order valence-corrected chi connectivity index (χ3v) is 5.55. The number of amides is 1. The van der Waals surface area contributed by atoms with Gasteiger partial charge in [-0.05, 0) is 53.6 Å². The predicted molar refractivity (Wildman–Crippen MR) is 105 cm³/mol. The first kappa shape index (κ1) is 17.7. The summed E-state index contributed by atoms with van der Waals surface area (Å²) in [7, 11) is 1.49. The van der Waals surface area contributed by atoms with Crippen molar-refractivity contribution in [1.82, 2.24) is 4.90 Å². The van der Waals surface area contributed by atoms with Crippen LogP contribution in [0.2, 0.25) is 0 Å². The van der Waals surface area contributed by atoms with Crippen LogP contribution in [-0.4, -0.2) is 47.9 Å². The molecule has 0 radical (unpaired) electrons. The van der Waals surface area contributed by atoms with Crippen LogP contribution in [0.25, 0.3) is 11.1 Å². The molecule has 5 nitrogen and oxygen atoms in total. The maximum atomic E-state index is 12.9. The van der Waals surface area contributed by atoms with Crippen LogP contribution in [0.3, 0.4) is 0 Å². The Kier molecular flexibility index (Phi) is 4.94. The molecule has 1 atom stereocenters. The Morgan fingerprint density at radius 1 is 1.22 bits per heavy atom. The smallest absolute Gasteiger partial charge is 0.254 e. The highest BCUT2D eigenvalue weighted by atomic mass is 16.6. The van der Waals surface area contributed by atoms with Gasteiger partial charge in [0.1, 0.15) is 7.11 Å². The van der Waals surface area contributed by atoms with Crippen molar-refractivity contribution in [3.63, 3.8) is 0 Å². The number of hydrogen-bond acceptors (Lipinski definition) is 4. The Balaban J connectivity index is 1.57. The van der Waals surface area contributed by atoms with Crippen molar-refractivity contribution in [3.8, 4) is 11.1 Å². The summed E-state index contributed by atoms with van der Waals surface area (Å²) in [6.45, 7) is 0.314. The van der Waals surface area contributed by atoms with Crippen molar-refractivity contribution in [2.45, 2.75) is 31.7 Å². The molecule has 1 aliphatic carbocycles. The second-order valence-electron chi connectivity index (χ2n) is 7.19. The molecule has 140 valence electrons. The highest BCUT2D eigenvalue weighted by Gasteiger charge is 2.33. The summed E-state index contributed by atoms with van der Waals surface area (Å²) in [6.07, 6.45) is 4.04. The number of oxime groups is 1. The molecule has 5 heteroatoms. The quantitative estimate of drug-likeness (QED) is 0.848. The van der Waals surface area contributed by atoms with Crippen molar-refractivity contribution in [2.75, 3.05) is 20.3 Å². The van der Waals surface area contributed by atoms with Crippen LogP contribution in [0.15, 0.2) is 47.6 Å². The van der Waals surface area contributed by atoms with Crippen molar-refractivity contribution in [1.29, 1.82) is 0 Å². The minimum Gasteiger partial charge on any atom is -0.399 e. The van der Waals surface area contributed by atoms with Gasteiger partial charge in [0, 0.05) is 12.0 Å². The molecule has 2 aromatic carbocycles. The van der Waals surface area contributed by atoms with E-state index in [1.807, 2.05) is 24.3 Å².